The lowest BCUT2D eigenvalue weighted by molar-refractivity contribution is -0.138. The van der Waals surface area contributed by atoms with E-state index in [1.807, 2.05) is 13.8 Å². The second-order valence-corrected chi connectivity index (χ2v) is 6.46. The smallest absolute Gasteiger partial charge is 0.242 e. The molecule has 2 aliphatic carbocycles. The lowest BCUT2D eigenvalue weighted by atomic mass is 9.88. The summed E-state index contributed by atoms with van der Waals surface area (Å²) < 4.78 is 0. The third-order valence-corrected chi connectivity index (χ3v) is 4.65. The van der Waals surface area contributed by atoms with E-state index in [2.05, 4.69) is 4.90 Å². The minimum Gasteiger partial charge on any atom is -0.338 e. The maximum Gasteiger partial charge on any atom is 0.242 e. The first-order valence-electron chi connectivity index (χ1n) is 7.64. The van der Waals surface area contributed by atoms with Gasteiger partial charge >= 0.3 is 0 Å². The van der Waals surface area contributed by atoms with Crippen molar-refractivity contribution in [3.05, 3.63) is 0 Å². The highest BCUT2D eigenvalue weighted by Crippen LogP contribution is 2.32. The molecule has 0 bridgehead atoms. The Labute approximate surface area is 111 Å². The van der Waals surface area contributed by atoms with Crippen LogP contribution in [0, 0.1) is 5.92 Å². The predicted molar refractivity (Wildman–Crippen MR) is 74.2 cm³/mol. The number of rotatable bonds is 5. The molecule has 0 radical (unpaired) electrons. The van der Waals surface area contributed by atoms with Crippen LogP contribution in [0.15, 0.2) is 0 Å². The van der Waals surface area contributed by atoms with Gasteiger partial charge in [-0.15, -0.1) is 0 Å². The number of hydrogen-bond donors (Lipinski definition) is 1. The molecule has 0 spiro atoms. The molecule has 104 valence electrons. The average molecular weight is 252 g/mol. The zero-order valence-electron chi connectivity index (χ0n) is 12.0. The van der Waals surface area contributed by atoms with Gasteiger partial charge in [-0.3, -0.25) is 4.79 Å². The molecule has 0 aromatic carbocycles. The molecule has 0 aliphatic heterocycles. The second-order valence-electron chi connectivity index (χ2n) is 6.46. The van der Waals surface area contributed by atoms with E-state index in [9.17, 15) is 4.79 Å². The van der Waals surface area contributed by atoms with E-state index in [-0.39, 0.29) is 5.91 Å². The fourth-order valence-corrected chi connectivity index (χ4v) is 2.91. The summed E-state index contributed by atoms with van der Waals surface area (Å²) in [6.07, 6.45) is 9.72. The Kier molecular flexibility index (Phi) is 4.31. The number of carbonyl (C=O) groups is 1. The van der Waals surface area contributed by atoms with Crippen LogP contribution in [-0.2, 0) is 4.79 Å². The third-order valence-electron chi connectivity index (χ3n) is 4.65. The molecule has 3 heteroatoms. The van der Waals surface area contributed by atoms with E-state index in [0.717, 1.165) is 18.9 Å². The van der Waals surface area contributed by atoms with Crippen LogP contribution in [0.1, 0.15) is 65.2 Å². The highest BCUT2D eigenvalue weighted by Gasteiger charge is 2.40. The molecule has 1 atom stereocenters. The van der Waals surface area contributed by atoms with Gasteiger partial charge in [-0.25, -0.2) is 0 Å². The van der Waals surface area contributed by atoms with Gasteiger partial charge in [0.05, 0.1) is 5.54 Å². The fourth-order valence-electron chi connectivity index (χ4n) is 2.91. The van der Waals surface area contributed by atoms with Crippen molar-refractivity contribution < 1.29 is 4.79 Å². The first kappa shape index (κ1) is 13.9. The Bertz CT molecular complexity index is 291. The molecular formula is C15H28N2O. The Morgan fingerprint density at radius 3 is 2.33 bits per heavy atom. The zero-order chi connectivity index (χ0) is 13.2. The van der Waals surface area contributed by atoms with Crippen molar-refractivity contribution in [1.29, 1.82) is 0 Å². The molecule has 2 aliphatic rings. The van der Waals surface area contributed by atoms with Crippen LogP contribution in [0.2, 0.25) is 0 Å². The summed E-state index contributed by atoms with van der Waals surface area (Å²) in [7, 11) is 0. The van der Waals surface area contributed by atoms with Gasteiger partial charge in [-0.2, -0.15) is 0 Å². The second kappa shape index (κ2) is 5.60. The summed E-state index contributed by atoms with van der Waals surface area (Å²) in [6.45, 7) is 4.84. The Balaban J connectivity index is 1.97. The topological polar surface area (TPSA) is 46.3 Å². The summed E-state index contributed by atoms with van der Waals surface area (Å²) >= 11 is 0. The first-order chi connectivity index (χ1) is 8.54. The first-order valence-corrected chi connectivity index (χ1v) is 7.64. The van der Waals surface area contributed by atoms with E-state index >= 15 is 0 Å². The lowest BCUT2D eigenvalue weighted by Gasteiger charge is -2.35. The molecule has 0 saturated heterocycles. The minimum atomic E-state index is -0.669. The van der Waals surface area contributed by atoms with Gasteiger partial charge in [-0.05, 0) is 44.9 Å². The zero-order valence-corrected chi connectivity index (χ0v) is 12.0. The highest BCUT2D eigenvalue weighted by atomic mass is 16.2. The van der Waals surface area contributed by atoms with Crippen molar-refractivity contribution in [2.24, 2.45) is 11.7 Å². The molecule has 2 N–H and O–H groups in total. The predicted octanol–water partition coefficient (Wildman–Crippen LogP) is 2.69. The SMILES string of the molecule is CCC(C)(N)C(=O)N(CC1CCCCC1)C1CC1. The van der Waals surface area contributed by atoms with Crippen LogP contribution in [0.4, 0.5) is 0 Å². The molecular weight excluding hydrogens is 224 g/mol. The Hall–Kier alpha value is -0.570. The van der Waals surface area contributed by atoms with Crippen LogP contribution < -0.4 is 5.73 Å². The normalized spacial score (nSPS) is 24.6. The van der Waals surface area contributed by atoms with Gasteiger partial charge in [0.25, 0.3) is 0 Å². The third kappa shape index (κ3) is 3.25. The largest absolute Gasteiger partial charge is 0.338 e. The van der Waals surface area contributed by atoms with Crippen LogP contribution in [0.25, 0.3) is 0 Å². The lowest BCUT2D eigenvalue weighted by Crippen LogP contribution is -2.54. The molecule has 3 nitrogen and oxygen atoms in total. The van der Waals surface area contributed by atoms with Crippen LogP contribution in [0.5, 0.6) is 0 Å². The van der Waals surface area contributed by atoms with Crippen molar-refractivity contribution in [2.75, 3.05) is 6.54 Å². The number of carbonyl (C=O) groups excluding carboxylic acids is 1. The van der Waals surface area contributed by atoms with E-state index in [1.54, 1.807) is 0 Å². The van der Waals surface area contributed by atoms with Gasteiger partial charge in [0, 0.05) is 12.6 Å². The number of nitrogens with zero attached hydrogens (tertiary/aromatic N) is 1. The van der Waals surface area contributed by atoms with Crippen molar-refractivity contribution in [3.63, 3.8) is 0 Å². The molecule has 1 amide bonds. The van der Waals surface area contributed by atoms with E-state index in [4.69, 9.17) is 5.73 Å². The van der Waals surface area contributed by atoms with Crippen LogP contribution >= 0.6 is 0 Å². The van der Waals surface area contributed by atoms with Crippen LogP contribution in [-0.4, -0.2) is 28.9 Å². The molecule has 2 fully saturated rings. The Morgan fingerprint density at radius 2 is 1.83 bits per heavy atom. The summed E-state index contributed by atoms with van der Waals surface area (Å²) in [5.74, 6) is 0.897. The summed E-state index contributed by atoms with van der Waals surface area (Å²) in [5.41, 5.74) is 5.47. The van der Waals surface area contributed by atoms with E-state index in [0.29, 0.717) is 6.04 Å². The molecule has 2 saturated carbocycles. The fraction of sp³-hybridized carbons (Fsp3) is 0.933. The quantitative estimate of drug-likeness (QED) is 0.817. The molecule has 2 rings (SSSR count). The molecule has 1 unspecified atom stereocenters. The monoisotopic (exact) mass is 252 g/mol. The van der Waals surface area contributed by atoms with E-state index < -0.39 is 5.54 Å². The maximum atomic E-state index is 12.6. The van der Waals surface area contributed by atoms with Gasteiger partial charge < -0.3 is 10.6 Å². The number of hydrogen-bond acceptors (Lipinski definition) is 2. The summed E-state index contributed by atoms with van der Waals surface area (Å²) in [5, 5.41) is 0. The molecule has 18 heavy (non-hydrogen) atoms. The van der Waals surface area contributed by atoms with Crippen molar-refractivity contribution in [1.82, 2.24) is 4.90 Å². The standard InChI is InChI=1S/C15H28N2O/c1-3-15(2,16)14(18)17(13-9-10-13)11-12-7-5-4-6-8-12/h12-13H,3-11,16H2,1-2H3. The van der Waals surface area contributed by atoms with Gasteiger partial charge in [0.1, 0.15) is 0 Å². The Morgan fingerprint density at radius 1 is 1.22 bits per heavy atom. The molecule has 0 aromatic rings. The maximum absolute atomic E-state index is 12.6. The number of nitrogens with two attached hydrogens (primary N) is 1. The van der Waals surface area contributed by atoms with Crippen molar-refractivity contribution >= 4 is 5.91 Å². The summed E-state index contributed by atoms with van der Waals surface area (Å²) in [4.78, 5) is 14.7. The average Bonchev–Trinajstić information content (AvgIpc) is 3.20. The summed E-state index contributed by atoms with van der Waals surface area (Å²) in [6, 6.07) is 0.494. The van der Waals surface area contributed by atoms with Gasteiger partial charge in [0.15, 0.2) is 0 Å². The highest BCUT2D eigenvalue weighted by molar-refractivity contribution is 5.86. The van der Waals surface area contributed by atoms with Crippen LogP contribution in [0.3, 0.4) is 0 Å². The van der Waals surface area contributed by atoms with E-state index in [1.165, 1.54) is 44.9 Å². The van der Waals surface area contributed by atoms with Crippen molar-refractivity contribution in [3.8, 4) is 0 Å². The minimum absolute atomic E-state index is 0.179. The van der Waals surface area contributed by atoms with Gasteiger partial charge in [-0.1, -0.05) is 26.2 Å². The number of amides is 1. The van der Waals surface area contributed by atoms with Gasteiger partial charge in [0.2, 0.25) is 5.91 Å². The molecule has 0 aromatic heterocycles. The van der Waals surface area contributed by atoms with Crippen molar-refractivity contribution in [2.45, 2.75) is 76.8 Å². The molecule has 0 heterocycles.